The van der Waals surface area contributed by atoms with E-state index < -0.39 is 0 Å². The van der Waals surface area contributed by atoms with Crippen LogP contribution in [0.2, 0.25) is 0 Å². The highest BCUT2D eigenvalue weighted by Crippen LogP contribution is 2.29. The van der Waals surface area contributed by atoms with Crippen LogP contribution in [0.5, 0.6) is 0 Å². The number of aryl methyl sites for hydroxylation is 2. The van der Waals surface area contributed by atoms with Gasteiger partial charge >= 0.3 is 0 Å². The maximum absolute atomic E-state index is 5.87. The lowest BCUT2D eigenvalue weighted by molar-refractivity contribution is 0.101. The van der Waals surface area contributed by atoms with Crippen LogP contribution in [0.4, 0.5) is 5.82 Å². The zero-order valence-electron chi connectivity index (χ0n) is 11.8. The summed E-state index contributed by atoms with van der Waals surface area (Å²) in [7, 11) is 1.77. The molecule has 0 bridgehead atoms. The molecule has 20 heavy (non-hydrogen) atoms. The van der Waals surface area contributed by atoms with E-state index in [2.05, 4.69) is 11.4 Å². The van der Waals surface area contributed by atoms with Crippen LogP contribution >= 0.6 is 12.2 Å². The minimum absolute atomic E-state index is 0.254. The standard InChI is InChI=1S/C15H21N3OS/c1-19-13-7-3-6-12(13)18-15-10(14(16)20)8-9-4-2-5-11(9)17-15/h8,12-13H,2-7H2,1H3,(H2,16,20)(H,17,18). The van der Waals surface area contributed by atoms with E-state index in [4.69, 9.17) is 27.7 Å². The van der Waals surface area contributed by atoms with Crippen LogP contribution in [-0.4, -0.2) is 29.2 Å². The molecule has 3 N–H and O–H groups in total. The smallest absolute Gasteiger partial charge is 0.136 e. The monoisotopic (exact) mass is 291 g/mol. The second kappa shape index (κ2) is 5.66. The number of ether oxygens (including phenoxy) is 1. The lowest BCUT2D eigenvalue weighted by atomic mass is 10.1. The van der Waals surface area contributed by atoms with E-state index in [1.54, 1.807) is 7.11 Å². The van der Waals surface area contributed by atoms with Crippen molar-refractivity contribution in [3.05, 3.63) is 22.9 Å². The molecule has 2 unspecified atom stereocenters. The van der Waals surface area contributed by atoms with Crippen LogP contribution in [-0.2, 0) is 17.6 Å². The highest BCUT2D eigenvalue weighted by Gasteiger charge is 2.28. The topological polar surface area (TPSA) is 60.2 Å². The van der Waals surface area contributed by atoms with Crippen LogP contribution in [0, 0.1) is 0 Å². The summed E-state index contributed by atoms with van der Waals surface area (Å²) in [5.74, 6) is 0.840. The van der Waals surface area contributed by atoms with Gasteiger partial charge in [-0.1, -0.05) is 12.2 Å². The highest BCUT2D eigenvalue weighted by molar-refractivity contribution is 7.80. The van der Waals surface area contributed by atoms with Crippen LogP contribution in [0.3, 0.4) is 0 Å². The van der Waals surface area contributed by atoms with Gasteiger partial charge in [-0.15, -0.1) is 0 Å². The zero-order valence-corrected chi connectivity index (χ0v) is 12.6. The molecule has 1 saturated carbocycles. The SMILES string of the molecule is COC1CCCC1Nc1nc2c(cc1C(N)=S)CCC2. The minimum atomic E-state index is 0.254. The van der Waals surface area contributed by atoms with Crippen molar-refractivity contribution in [1.29, 1.82) is 0 Å². The molecule has 5 heteroatoms. The molecular weight excluding hydrogens is 270 g/mol. The van der Waals surface area contributed by atoms with Crippen LogP contribution in [0.15, 0.2) is 6.07 Å². The van der Waals surface area contributed by atoms with Gasteiger partial charge in [0, 0.05) is 12.8 Å². The van der Waals surface area contributed by atoms with Crippen LogP contribution in [0.1, 0.15) is 42.5 Å². The van der Waals surface area contributed by atoms with Gasteiger partial charge in [0.05, 0.1) is 17.7 Å². The Morgan fingerprint density at radius 1 is 1.40 bits per heavy atom. The number of hydrogen-bond donors (Lipinski definition) is 2. The largest absolute Gasteiger partial charge is 0.389 e. The van der Waals surface area contributed by atoms with Gasteiger partial charge < -0.3 is 15.8 Å². The number of methoxy groups -OCH3 is 1. The van der Waals surface area contributed by atoms with Gasteiger partial charge in [-0.2, -0.15) is 0 Å². The fourth-order valence-corrected chi connectivity index (χ4v) is 3.47. The van der Waals surface area contributed by atoms with Crippen molar-refractivity contribution in [2.24, 2.45) is 5.73 Å². The zero-order chi connectivity index (χ0) is 14.1. The summed E-state index contributed by atoms with van der Waals surface area (Å²) in [6, 6.07) is 2.43. The summed E-state index contributed by atoms with van der Waals surface area (Å²) in [4.78, 5) is 5.19. The van der Waals surface area contributed by atoms with E-state index in [1.807, 2.05) is 0 Å². The van der Waals surface area contributed by atoms with Gasteiger partial charge in [0.15, 0.2) is 0 Å². The van der Waals surface area contributed by atoms with Crippen molar-refractivity contribution in [1.82, 2.24) is 4.98 Å². The molecule has 0 amide bonds. The van der Waals surface area contributed by atoms with Crippen molar-refractivity contribution >= 4 is 23.0 Å². The summed E-state index contributed by atoms with van der Waals surface area (Å²) in [5.41, 5.74) is 9.24. The summed E-state index contributed by atoms with van der Waals surface area (Å²) in [6.45, 7) is 0. The summed E-state index contributed by atoms with van der Waals surface area (Å²) in [5, 5.41) is 3.52. The molecule has 2 aliphatic carbocycles. The molecular formula is C15H21N3OS. The fourth-order valence-electron chi connectivity index (χ4n) is 3.32. The Morgan fingerprint density at radius 2 is 2.25 bits per heavy atom. The average molecular weight is 291 g/mol. The lowest BCUT2D eigenvalue weighted by Crippen LogP contribution is -2.31. The number of pyridine rings is 1. The van der Waals surface area contributed by atoms with Gasteiger partial charge in [-0.05, 0) is 50.2 Å². The molecule has 0 spiro atoms. The molecule has 0 aromatic carbocycles. The van der Waals surface area contributed by atoms with E-state index in [0.29, 0.717) is 11.0 Å². The number of rotatable bonds is 4. The third-order valence-corrected chi connectivity index (χ3v) is 4.61. The Balaban J connectivity index is 1.90. The van der Waals surface area contributed by atoms with E-state index in [1.165, 1.54) is 24.1 Å². The number of nitrogens with zero attached hydrogens (tertiary/aromatic N) is 1. The number of nitrogens with two attached hydrogens (primary N) is 1. The van der Waals surface area contributed by atoms with Gasteiger partial charge in [-0.3, -0.25) is 0 Å². The van der Waals surface area contributed by atoms with Gasteiger partial charge in [0.25, 0.3) is 0 Å². The molecule has 2 aliphatic rings. The van der Waals surface area contributed by atoms with Gasteiger partial charge in [-0.25, -0.2) is 4.98 Å². The third kappa shape index (κ3) is 2.52. The van der Waals surface area contributed by atoms with Gasteiger partial charge in [0.2, 0.25) is 0 Å². The molecule has 0 aliphatic heterocycles. The first-order valence-electron chi connectivity index (χ1n) is 7.31. The molecule has 1 fully saturated rings. The van der Waals surface area contributed by atoms with Crippen molar-refractivity contribution in [3.8, 4) is 0 Å². The van der Waals surface area contributed by atoms with Crippen molar-refractivity contribution in [2.75, 3.05) is 12.4 Å². The van der Waals surface area contributed by atoms with Crippen molar-refractivity contribution in [2.45, 2.75) is 50.7 Å². The Bertz CT molecular complexity index is 532. The van der Waals surface area contributed by atoms with Crippen molar-refractivity contribution < 1.29 is 4.74 Å². The number of thiocarbonyl (C=S) groups is 1. The molecule has 1 aromatic rings. The maximum Gasteiger partial charge on any atom is 0.136 e. The predicted octanol–water partition coefficient (Wildman–Crippen LogP) is 2.18. The lowest BCUT2D eigenvalue weighted by Gasteiger charge is -2.22. The Hall–Kier alpha value is -1.20. The van der Waals surface area contributed by atoms with Crippen molar-refractivity contribution in [3.63, 3.8) is 0 Å². The fraction of sp³-hybridized carbons (Fsp3) is 0.600. The van der Waals surface area contributed by atoms with Crippen LogP contribution < -0.4 is 11.1 Å². The summed E-state index contributed by atoms with van der Waals surface area (Å²) < 4.78 is 5.53. The first kappa shape index (κ1) is 13.8. The van der Waals surface area contributed by atoms with E-state index in [9.17, 15) is 0 Å². The number of anilines is 1. The first-order valence-corrected chi connectivity index (χ1v) is 7.72. The molecule has 3 rings (SSSR count). The Kier molecular flexibility index (Phi) is 3.89. The molecule has 1 aromatic heterocycles. The molecule has 0 saturated heterocycles. The Morgan fingerprint density at radius 3 is 3.00 bits per heavy atom. The van der Waals surface area contributed by atoms with Gasteiger partial charge in [0.1, 0.15) is 10.8 Å². The third-order valence-electron chi connectivity index (χ3n) is 4.39. The van der Waals surface area contributed by atoms with Crippen LogP contribution in [0.25, 0.3) is 0 Å². The summed E-state index contributed by atoms with van der Waals surface area (Å²) >= 11 is 5.19. The quantitative estimate of drug-likeness (QED) is 0.833. The highest BCUT2D eigenvalue weighted by atomic mass is 32.1. The minimum Gasteiger partial charge on any atom is -0.389 e. The van der Waals surface area contributed by atoms with E-state index >= 15 is 0 Å². The molecule has 1 heterocycles. The first-order chi connectivity index (χ1) is 9.69. The number of aromatic nitrogens is 1. The molecule has 0 radical (unpaired) electrons. The number of hydrogen-bond acceptors (Lipinski definition) is 4. The molecule has 4 nitrogen and oxygen atoms in total. The van der Waals surface area contributed by atoms with E-state index in [-0.39, 0.29) is 6.10 Å². The maximum atomic E-state index is 5.87. The number of nitrogens with one attached hydrogen (secondary N) is 1. The number of fused-ring (bicyclic) bond motifs is 1. The second-order valence-corrected chi connectivity index (χ2v) is 6.10. The predicted molar refractivity (Wildman–Crippen MR) is 84.2 cm³/mol. The summed E-state index contributed by atoms with van der Waals surface area (Å²) in [6.07, 6.45) is 6.96. The second-order valence-electron chi connectivity index (χ2n) is 5.66. The Labute approximate surface area is 125 Å². The molecule has 108 valence electrons. The van der Waals surface area contributed by atoms with E-state index in [0.717, 1.165) is 37.1 Å². The normalized spacial score (nSPS) is 24.6. The molecule has 2 atom stereocenters. The average Bonchev–Trinajstić information content (AvgIpc) is 3.05.